The van der Waals surface area contributed by atoms with E-state index >= 15 is 0 Å². The Hall–Kier alpha value is -1.57. The van der Waals surface area contributed by atoms with Gasteiger partial charge in [-0.3, -0.25) is 10.1 Å². The second-order valence-corrected chi connectivity index (χ2v) is 6.03. The average molecular weight is 313 g/mol. The summed E-state index contributed by atoms with van der Waals surface area (Å²) < 4.78 is 28.3. The third-order valence-electron chi connectivity index (χ3n) is 4.26. The molecule has 1 aromatic heterocycles. The molecule has 6 nitrogen and oxygen atoms in total. The van der Waals surface area contributed by atoms with Crippen LogP contribution in [-0.2, 0) is 24.2 Å². The van der Waals surface area contributed by atoms with Gasteiger partial charge in [0.1, 0.15) is 11.6 Å². The van der Waals surface area contributed by atoms with Gasteiger partial charge in [-0.05, 0) is 12.8 Å². The summed E-state index contributed by atoms with van der Waals surface area (Å²) in [5.41, 5.74) is 0. The Morgan fingerprint density at radius 1 is 1.36 bits per heavy atom. The molecule has 3 heterocycles. The fourth-order valence-electron chi connectivity index (χ4n) is 3.05. The second-order valence-electron chi connectivity index (χ2n) is 6.03. The van der Waals surface area contributed by atoms with Crippen LogP contribution in [-0.4, -0.2) is 45.7 Å². The average Bonchev–Trinajstić information content (AvgIpc) is 2.94. The Kier molecular flexibility index (Phi) is 4.37. The fourth-order valence-corrected chi connectivity index (χ4v) is 3.05. The maximum absolute atomic E-state index is 13.1. The highest BCUT2D eigenvalue weighted by molar-refractivity contribution is 5.82. The normalized spacial score (nSPS) is 23.8. The van der Waals surface area contributed by atoms with Crippen LogP contribution in [0.3, 0.4) is 0 Å². The highest BCUT2D eigenvalue weighted by atomic mass is 19.3. The van der Waals surface area contributed by atoms with Crippen molar-refractivity contribution in [3.8, 4) is 0 Å². The van der Waals surface area contributed by atoms with Crippen LogP contribution in [0.2, 0.25) is 0 Å². The van der Waals surface area contributed by atoms with E-state index in [0.717, 1.165) is 37.5 Å². The fraction of sp³-hybridized carbons (Fsp3) is 0.786. The van der Waals surface area contributed by atoms with Crippen LogP contribution in [0.15, 0.2) is 0 Å². The van der Waals surface area contributed by atoms with E-state index in [1.54, 1.807) is 0 Å². The van der Waals surface area contributed by atoms with Crippen molar-refractivity contribution in [2.24, 2.45) is 0 Å². The minimum absolute atomic E-state index is 0.368. The molecule has 1 amide bonds. The number of rotatable bonds is 4. The summed E-state index contributed by atoms with van der Waals surface area (Å²) in [5, 5.41) is 13.6. The highest BCUT2D eigenvalue weighted by Gasteiger charge is 2.42. The van der Waals surface area contributed by atoms with Crippen molar-refractivity contribution in [3.05, 3.63) is 11.6 Å². The van der Waals surface area contributed by atoms with Crippen LogP contribution >= 0.6 is 0 Å². The zero-order chi connectivity index (χ0) is 15.6. The highest BCUT2D eigenvalue weighted by Crippen LogP contribution is 2.25. The number of carbonyl (C=O) groups is 1. The van der Waals surface area contributed by atoms with Gasteiger partial charge in [0.05, 0.1) is 12.6 Å². The van der Waals surface area contributed by atoms with Crippen molar-refractivity contribution >= 4 is 5.91 Å². The van der Waals surface area contributed by atoms with E-state index in [1.807, 2.05) is 0 Å². The molecular formula is C14H21F2N5O. The molecule has 2 N–H and O–H groups in total. The van der Waals surface area contributed by atoms with Crippen molar-refractivity contribution < 1.29 is 13.6 Å². The van der Waals surface area contributed by atoms with Gasteiger partial charge in [-0.25, -0.2) is 8.78 Å². The molecule has 2 aliphatic rings. The van der Waals surface area contributed by atoms with Gasteiger partial charge in [0, 0.05) is 32.4 Å². The molecule has 0 aromatic carbocycles. The largest absolute Gasteiger partial charge is 0.354 e. The molecule has 1 fully saturated rings. The van der Waals surface area contributed by atoms with Gasteiger partial charge in [-0.2, -0.15) is 0 Å². The topological polar surface area (TPSA) is 71.8 Å². The lowest BCUT2D eigenvalue weighted by atomic mass is 10.2. The molecule has 0 aliphatic carbocycles. The molecule has 0 saturated carbocycles. The maximum atomic E-state index is 13.1. The van der Waals surface area contributed by atoms with Gasteiger partial charge < -0.3 is 9.88 Å². The quantitative estimate of drug-likeness (QED) is 0.857. The van der Waals surface area contributed by atoms with E-state index in [2.05, 4.69) is 25.4 Å². The van der Waals surface area contributed by atoms with Gasteiger partial charge >= 0.3 is 0 Å². The molecule has 1 aromatic rings. The first-order valence-corrected chi connectivity index (χ1v) is 7.85. The van der Waals surface area contributed by atoms with Crippen molar-refractivity contribution in [1.82, 2.24) is 25.4 Å². The number of hydrogen-bond acceptors (Lipinski definition) is 4. The monoisotopic (exact) mass is 313 g/mol. The van der Waals surface area contributed by atoms with Gasteiger partial charge in [-0.1, -0.05) is 6.42 Å². The molecule has 0 spiro atoms. The molecule has 0 bridgehead atoms. The summed E-state index contributed by atoms with van der Waals surface area (Å²) >= 11 is 0. The first kappa shape index (κ1) is 15.3. The Morgan fingerprint density at radius 3 is 3.00 bits per heavy atom. The van der Waals surface area contributed by atoms with Crippen LogP contribution < -0.4 is 10.6 Å². The number of alkyl halides is 2. The van der Waals surface area contributed by atoms with Crippen LogP contribution in [0.5, 0.6) is 0 Å². The number of aryl methyl sites for hydroxylation is 1. The Labute approximate surface area is 127 Å². The van der Waals surface area contributed by atoms with E-state index in [1.165, 1.54) is 6.42 Å². The van der Waals surface area contributed by atoms with Crippen LogP contribution in [0.4, 0.5) is 8.78 Å². The lowest BCUT2D eigenvalue weighted by Crippen LogP contribution is -2.41. The van der Waals surface area contributed by atoms with Crippen molar-refractivity contribution in [2.45, 2.75) is 57.0 Å². The summed E-state index contributed by atoms with van der Waals surface area (Å²) in [6, 6.07) is -0.800. The molecule has 22 heavy (non-hydrogen) atoms. The third kappa shape index (κ3) is 3.43. The number of aromatic nitrogens is 3. The molecule has 2 aliphatic heterocycles. The standard InChI is InChI=1S/C14H21F2N5O/c15-14(16)8-10(18-9-14)13(22)17-6-5-12-20-19-11-4-2-1-3-7-21(11)12/h10,18H,1-9H2,(H,17,22). The van der Waals surface area contributed by atoms with E-state index in [9.17, 15) is 13.6 Å². The molecule has 1 saturated heterocycles. The van der Waals surface area contributed by atoms with E-state index in [0.29, 0.717) is 13.0 Å². The predicted octanol–water partition coefficient (Wildman–Crippen LogP) is 0.660. The van der Waals surface area contributed by atoms with Gasteiger partial charge in [0.2, 0.25) is 5.91 Å². The second kappa shape index (κ2) is 6.28. The molecule has 122 valence electrons. The summed E-state index contributed by atoms with van der Waals surface area (Å²) in [6.45, 7) is 0.880. The number of fused-ring (bicyclic) bond motifs is 1. The van der Waals surface area contributed by atoms with Gasteiger partial charge in [-0.15, -0.1) is 10.2 Å². The van der Waals surface area contributed by atoms with Gasteiger partial charge in [0.15, 0.2) is 0 Å². The number of nitrogens with one attached hydrogen (secondary N) is 2. The smallest absolute Gasteiger partial charge is 0.262 e. The molecule has 8 heteroatoms. The summed E-state index contributed by atoms with van der Waals surface area (Å²) in [6.07, 6.45) is 4.53. The lowest BCUT2D eigenvalue weighted by molar-refractivity contribution is -0.123. The van der Waals surface area contributed by atoms with Crippen LogP contribution in [0, 0.1) is 0 Å². The minimum atomic E-state index is -2.79. The molecule has 1 atom stereocenters. The summed E-state index contributed by atoms with van der Waals surface area (Å²) in [7, 11) is 0. The zero-order valence-corrected chi connectivity index (χ0v) is 12.4. The van der Waals surface area contributed by atoms with Crippen molar-refractivity contribution in [3.63, 3.8) is 0 Å². The van der Waals surface area contributed by atoms with E-state index in [-0.39, 0.29) is 5.91 Å². The minimum Gasteiger partial charge on any atom is -0.354 e. The van der Waals surface area contributed by atoms with Gasteiger partial charge in [0.25, 0.3) is 5.92 Å². The Balaban J connectivity index is 1.49. The molecular weight excluding hydrogens is 292 g/mol. The van der Waals surface area contributed by atoms with Crippen LogP contribution in [0.25, 0.3) is 0 Å². The predicted molar refractivity (Wildman–Crippen MR) is 75.6 cm³/mol. The third-order valence-corrected chi connectivity index (χ3v) is 4.26. The summed E-state index contributed by atoms with van der Waals surface area (Å²) in [4.78, 5) is 11.9. The Bertz CT molecular complexity index is 545. The van der Waals surface area contributed by atoms with Crippen molar-refractivity contribution in [1.29, 1.82) is 0 Å². The zero-order valence-electron chi connectivity index (χ0n) is 12.4. The molecule has 1 unspecified atom stereocenters. The lowest BCUT2D eigenvalue weighted by Gasteiger charge is -2.11. The van der Waals surface area contributed by atoms with E-state index < -0.39 is 24.9 Å². The number of halogens is 2. The van der Waals surface area contributed by atoms with Crippen LogP contribution in [0.1, 0.15) is 37.3 Å². The Morgan fingerprint density at radius 2 is 2.23 bits per heavy atom. The maximum Gasteiger partial charge on any atom is 0.262 e. The van der Waals surface area contributed by atoms with Crippen molar-refractivity contribution in [2.75, 3.05) is 13.1 Å². The SMILES string of the molecule is O=C(NCCc1nnc2n1CCCCC2)C1CC(F)(F)CN1. The number of carbonyl (C=O) groups excluding carboxylic acids is 1. The molecule has 0 radical (unpaired) electrons. The first-order chi connectivity index (χ1) is 10.6. The number of hydrogen-bond donors (Lipinski definition) is 2. The number of nitrogens with zero attached hydrogens (tertiary/aromatic N) is 3. The number of amides is 1. The molecule has 3 rings (SSSR count). The van der Waals surface area contributed by atoms with E-state index in [4.69, 9.17) is 0 Å². The first-order valence-electron chi connectivity index (χ1n) is 7.85. The summed E-state index contributed by atoms with van der Waals surface area (Å²) in [5.74, 6) is -1.28.